The third-order valence-corrected chi connectivity index (χ3v) is 4.17. The van der Waals surface area contributed by atoms with Crippen molar-refractivity contribution < 1.29 is 9.18 Å². The number of halogens is 2. The van der Waals surface area contributed by atoms with Gasteiger partial charge in [-0.25, -0.2) is 4.39 Å². The summed E-state index contributed by atoms with van der Waals surface area (Å²) < 4.78 is 13.5. The highest BCUT2D eigenvalue weighted by molar-refractivity contribution is 9.10. The zero-order chi connectivity index (χ0) is 13.1. The lowest BCUT2D eigenvalue weighted by Gasteiger charge is -2.21. The van der Waals surface area contributed by atoms with Gasteiger partial charge in [0.2, 0.25) is 0 Å². The molecule has 0 atom stereocenters. The van der Waals surface area contributed by atoms with E-state index in [0.717, 1.165) is 6.54 Å². The van der Waals surface area contributed by atoms with E-state index in [1.165, 1.54) is 43.9 Å². The van der Waals surface area contributed by atoms with Crippen molar-refractivity contribution in [2.45, 2.75) is 25.7 Å². The van der Waals surface area contributed by atoms with Gasteiger partial charge in [-0.05, 0) is 52.9 Å². The molecule has 0 spiro atoms. The number of rotatable bonds is 3. The van der Waals surface area contributed by atoms with E-state index >= 15 is 0 Å². The van der Waals surface area contributed by atoms with E-state index in [1.54, 1.807) is 4.90 Å². The monoisotopic (exact) mass is 313 g/mol. The second-order valence-corrected chi connectivity index (χ2v) is 5.81. The number of nitrogens with zero attached hydrogens (tertiary/aromatic N) is 1. The summed E-state index contributed by atoms with van der Waals surface area (Å²) in [5.41, 5.74) is 0.525. The standard InChI is InChI=1S/C14H17BrFNO/c1-17(9-10-4-2-3-5-10)14(18)12-7-6-11(16)8-13(12)15/h6-8,10H,2-5,9H2,1H3. The lowest BCUT2D eigenvalue weighted by Crippen LogP contribution is -2.31. The Bertz CT molecular complexity index is 443. The summed E-state index contributed by atoms with van der Waals surface area (Å²) in [7, 11) is 1.82. The first kappa shape index (κ1) is 13.5. The van der Waals surface area contributed by atoms with E-state index in [1.807, 2.05) is 7.05 Å². The van der Waals surface area contributed by atoms with Crippen molar-refractivity contribution in [2.24, 2.45) is 5.92 Å². The third kappa shape index (κ3) is 3.10. The number of carbonyl (C=O) groups is 1. The van der Waals surface area contributed by atoms with Crippen LogP contribution in [0.5, 0.6) is 0 Å². The summed E-state index contributed by atoms with van der Waals surface area (Å²) in [6.07, 6.45) is 4.96. The van der Waals surface area contributed by atoms with Crippen LogP contribution in [0.15, 0.2) is 22.7 Å². The van der Waals surface area contributed by atoms with Crippen molar-refractivity contribution in [3.63, 3.8) is 0 Å². The van der Waals surface area contributed by atoms with E-state index in [9.17, 15) is 9.18 Å². The summed E-state index contributed by atoms with van der Waals surface area (Å²) >= 11 is 3.24. The average Bonchev–Trinajstić information content (AvgIpc) is 2.81. The van der Waals surface area contributed by atoms with Gasteiger partial charge in [-0.3, -0.25) is 4.79 Å². The van der Waals surface area contributed by atoms with Gasteiger partial charge in [-0.15, -0.1) is 0 Å². The van der Waals surface area contributed by atoms with Crippen LogP contribution < -0.4 is 0 Å². The van der Waals surface area contributed by atoms with Crippen LogP contribution in [-0.2, 0) is 0 Å². The summed E-state index contributed by atoms with van der Waals surface area (Å²) in [5, 5.41) is 0. The molecule has 1 aromatic rings. The van der Waals surface area contributed by atoms with Gasteiger partial charge in [0, 0.05) is 18.1 Å². The second kappa shape index (κ2) is 5.83. The van der Waals surface area contributed by atoms with Gasteiger partial charge in [0.15, 0.2) is 0 Å². The molecule has 1 aliphatic carbocycles. The minimum absolute atomic E-state index is 0.0474. The molecule has 0 N–H and O–H groups in total. The highest BCUT2D eigenvalue weighted by Crippen LogP contribution is 2.26. The smallest absolute Gasteiger partial charge is 0.254 e. The molecule has 2 nitrogen and oxygen atoms in total. The molecule has 0 heterocycles. The number of hydrogen-bond donors (Lipinski definition) is 0. The summed E-state index contributed by atoms with van der Waals surface area (Å²) in [6, 6.07) is 4.19. The first-order valence-corrected chi connectivity index (χ1v) is 7.07. The number of amides is 1. The van der Waals surface area contributed by atoms with Gasteiger partial charge < -0.3 is 4.90 Å². The van der Waals surface area contributed by atoms with Gasteiger partial charge >= 0.3 is 0 Å². The predicted molar refractivity (Wildman–Crippen MR) is 73.0 cm³/mol. The highest BCUT2D eigenvalue weighted by Gasteiger charge is 2.21. The molecule has 4 heteroatoms. The van der Waals surface area contributed by atoms with E-state index < -0.39 is 0 Å². The molecular formula is C14H17BrFNO. The molecule has 98 valence electrons. The zero-order valence-corrected chi connectivity index (χ0v) is 12.0. The van der Waals surface area contributed by atoms with E-state index in [2.05, 4.69) is 15.9 Å². The van der Waals surface area contributed by atoms with Gasteiger partial charge in [0.1, 0.15) is 5.82 Å². The fraction of sp³-hybridized carbons (Fsp3) is 0.500. The minimum Gasteiger partial charge on any atom is -0.341 e. The van der Waals surface area contributed by atoms with Crippen molar-refractivity contribution in [1.82, 2.24) is 4.90 Å². The Hall–Kier alpha value is -0.900. The first-order valence-electron chi connectivity index (χ1n) is 6.28. The predicted octanol–water partition coefficient (Wildman–Crippen LogP) is 3.85. The largest absolute Gasteiger partial charge is 0.341 e. The van der Waals surface area contributed by atoms with Gasteiger partial charge in [0.05, 0.1) is 5.56 Å². The van der Waals surface area contributed by atoms with Crippen LogP contribution in [0.3, 0.4) is 0 Å². The van der Waals surface area contributed by atoms with Crippen molar-refractivity contribution in [1.29, 1.82) is 0 Å². The molecule has 0 bridgehead atoms. The molecule has 1 aliphatic rings. The van der Waals surface area contributed by atoms with Crippen LogP contribution >= 0.6 is 15.9 Å². The Morgan fingerprint density at radius 3 is 2.72 bits per heavy atom. The maximum absolute atomic E-state index is 13.0. The molecule has 18 heavy (non-hydrogen) atoms. The third-order valence-electron chi connectivity index (χ3n) is 3.52. The Morgan fingerprint density at radius 1 is 1.44 bits per heavy atom. The van der Waals surface area contributed by atoms with Crippen LogP contribution in [0.4, 0.5) is 4.39 Å². The van der Waals surface area contributed by atoms with Crippen molar-refractivity contribution in [2.75, 3.05) is 13.6 Å². The van der Waals surface area contributed by atoms with Gasteiger partial charge in [0.25, 0.3) is 5.91 Å². The molecule has 0 aliphatic heterocycles. The summed E-state index contributed by atoms with van der Waals surface area (Å²) in [6.45, 7) is 0.794. The molecular weight excluding hydrogens is 297 g/mol. The maximum atomic E-state index is 13.0. The molecule has 0 radical (unpaired) electrons. The molecule has 0 aromatic heterocycles. The number of benzene rings is 1. The molecule has 1 amide bonds. The van der Waals surface area contributed by atoms with Crippen molar-refractivity contribution >= 4 is 21.8 Å². The summed E-state index contributed by atoms with van der Waals surface area (Å²) in [4.78, 5) is 14.0. The van der Waals surface area contributed by atoms with Crippen LogP contribution in [-0.4, -0.2) is 24.4 Å². The maximum Gasteiger partial charge on any atom is 0.254 e. The quantitative estimate of drug-likeness (QED) is 0.830. The first-order chi connectivity index (χ1) is 8.58. The van der Waals surface area contributed by atoms with Crippen LogP contribution in [0.1, 0.15) is 36.0 Å². The van der Waals surface area contributed by atoms with Gasteiger partial charge in [-0.1, -0.05) is 12.8 Å². The van der Waals surface area contributed by atoms with Crippen LogP contribution in [0.25, 0.3) is 0 Å². The van der Waals surface area contributed by atoms with Crippen LogP contribution in [0, 0.1) is 11.7 Å². The fourth-order valence-corrected chi connectivity index (χ4v) is 3.05. The highest BCUT2D eigenvalue weighted by atomic mass is 79.9. The Labute approximate surface area is 115 Å². The van der Waals surface area contributed by atoms with Crippen LogP contribution in [0.2, 0.25) is 0 Å². The topological polar surface area (TPSA) is 20.3 Å². The molecule has 1 fully saturated rings. The Morgan fingerprint density at radius 2 is 2.11 bits per heavy atom. The van der Waals surface area contributed by atoms with Crippen molar-refractivity contribution in [3.8, 4) is 0 Å². The van der Waals surface area contributed by atoms with E-state index in [0.29, 0.717) is 16.0 Å². The van der Waals surface area contributed by atoms with E-state index in [-0.39, 0.29) is 11.7 Å². The lowest BCUT2D eigenvalue weighted by atomic mass is 10.1. The van der Waals surface area contributed by atoms with Crippen molar-refractivity contribution in [3.05, 3.63) is 34.1 Å². The molecule has 1 saturated carbocycles. The fourth-order valence-electron chi connectivity index (χ4n) is 2.53. The molecule has 0 saturated heterocycles. The number of carbonyl (C=O) groups excluding carboxylic acids is 1. The molecule has 2 rings (SSSR count). The van der Waals surface area contributed by atoms with Gasteiger partial charge in [-0.2, -0.15) is 0 Å². The SMILES string of the molecule is CN(CC1CCCC1)C(=O)c1ccc(F)cc1Br. The van der Waals surface area contributed by atoms with E-state index in [4.69, 9.17) is 0 Å². The normalized spacial score (nSPS) is 15.9. The number of hydrogen-bond acceptors (Lipinski definition) is 1. The molecule has 0 unspecified atom stereocenters. The Balaban J connectivity index is 2.05. The second-order valence-electron chi connectivity index (χ2n) is 4.96. The average molecular weight is 314 g/mol. The lowest BCUT2D eigenvalue weighted by molar-refractivity contribution is 0.0772. The zero-order valence-electron chi connectivity index (χ0n) is 10.5. The Kier molecular flexibility index (Phi) is 4.38. The minimum atomic E-state index is -0.336. The summed E-state index contributed by atoms with van der Waals surface area (Å²) in [5.74, 6) is 0.240. The molecule has 1 aromatic carbocycles.